The van der Waals surface area contributed by atoms with Crippen LogP contribution in [0.4, 0.5) is 5.95 Å². The number of nitrogens with one attached hydrogen (secondary N) is 2. The van der Waals surface area contributed by atoms with Crippen molar-refractivity contribution in [1.29, 1.82) is 0 Å². The van der Waals surface area contributed by atoms with E-state index in [4.69, 9.17) is 20.6 Å². The van der Waals surface area contributed by atoms with Crippen LogP contribution in [0, 0.1) is 19.3 Å². The van der Waals surface area contributed by atoms with Crippen molar-refractivity contribution in [2.24, 2.45) is 16.1 Å². The summed E-state index contributed by atoms with van der Waals surface area (Å²) in [5.74, 6) is 0.160. The van der Waals surface area contributed by atoms with Crippen LogP contribution in [-0.2, 0) is 11.3 Å². The zero-order valence-electron chi connectivity index (χ0n) is 24.3. The van der Waals surface area contributed by atoms with Crippen LogP contribution in [0.25, 0.3) is 11.3 Å². The molecule has 1 atom stereocenters. The van der Waals surface area contributed by atoms with Crippen molar-refractivity contribution >= 4 is 28.9 Å². The largest absolute Gasteiger partial charge is 0.477 e. The number of hydrogen-bond acceptors (Lipinski definition) is 11. The molecule has 0 bridgehead atoms. The molecular formula is C29H38N8O3S. The summed E-state index contributed by atoms with van der Waals surface area (Å²) in [6, 6.07) is 9.69. The Balaban J connectivity index is 1.88. The second-order valence-corrected chi connectivity index (χ2v) is 11.5. The van der Waals surface area contributed by atoms with Gasteiger partial charge in [0.25, 0.3) is 0 Å². The Morgan fingerprint density at radius 2 is 1.85 bits per heavy atom. The first-order chi connectivity index (χ1) is 19.4. The summed E-state index contributed by atoms with van der Waals surface area (Å²) in [4.78, 5) is 33.2. The molecule has 3 rings (SSSR count). The maximum Gasteiger partial charge on any atom is 0.351 e. The molecule has 0 saturated carbocycles. The number of rotatable bonds is 12. The first-order valence-electron chi connectivity index (χ1n) is 13.1. The third kappa shape index (κ3) is 10.1. The Morgan fingerprint density at radius 3 is 2.46 bits per heavy atom. The number of hydrogen-bond donors (Lipinski definition) is 4. The fourth-order valence-corrected chi connectivity index (χ4v) is 4.66. The highest BCUT2D eigenvalue weighted by molar-refractivity contribution is 8.15. The standard InChI is InChI=1S/C29H38N8O3S/c1-18-9-7-10-19(2)26(18)22-14-24(36-28(35-22)37-41-25(31-6)13-21(30)27(38)39)40-17-20(15-29(3,4)5)34-16-23-32-11-8-12-33-23/h7-14,20,34H,15-17,30H2,1-6H3,(H,38,39)(H,35,36,37). The molecule has 218 valence electrons. The molecule has 11 nitrogen and oxygen atoms in total. The number of nitrogens with zero attached hydrogens (tertiary/aromatic N) is 5. The maximum atomic E-state index is 11.1. The molecule has 5 N–H and O–H groups in total. The van der Waals surface area contributed by atoms with Gasteiger partial charge in [-0.3, -0.25) is 9.71 Å². The van der Waals surface area contributed by atoms with Crippen molar-refractivity contribution < 1.29 is 14.6 Å². The third-order valence-electron chi connectivity index (χ3n) is 5.89. The van der Waals surface area contributed by atoms with Gasteiger partial charge in [-0.15, -0.1) is 0 Å². The number of ether oxygens (including phenoxy) is 1. The van der Waals surface area contributed by atoms with Gasteiger partial charge in [0.15, 0.2) is 0 Å². The van der Waals surface area contributed by atoms with E-state index in [0.29, 0.717) is 35.6 Å². The number of benzene rings is 1. The van der Waals surface area contributed by atoms with Gasteiger partial charge in [0.2, 0.25) is 11.8 Å². The van der Waals surface area contributed by atoms with Crippen LogP contribution in [0.15, 0.2) is 59.5 Å². The molecule has 0 fully saturated rings. The fraction of sp³-hybridized carbons (Fsp3) is 0.379. The minimum atomic E-state index is -1.23. The van der Waals surface area contributed by atoms with Crippen LogP contribution in [0.1, 0.15) is 44.1 Å². The first-order valence-corrected chi connectivity index (χ1v) is 13.9. The van der Waals surface area contributed by atoms with Crippen LogP contribution >= 0.6 is 11.9 Å². The first kappa shape index (κ1) is 31.5. The molecule has 12 heteroatoms. The van der Waals surface area contributed by atoms with Gasteiger partial charge in [-0.2, -0.15) is 4.98 Å². The van der Waals surface area contributed by atoms with E-state index in [2.05, 4.69) is 50.8 Å². The highest BCUT2D eigenvalue weighted by atomic mass is 32.2. The lowest BCUT2D eigenvalue weighted by Gasteiger charge is -2.26. The summed E-state index contributed by atoms with van der Waals surface area (Å²) >= 11 is 1.05. The fourth-order valence-electron chi connectivity index (χ4n) is 4.10. The number of aliphatic imine (C=N–C) groups is 1. The topological polar surface area (TPSA) is 161 Å². The molecule has 0 aliphatic heterocycles. The Hall–Kier alpha value is -4.03. The Labute approximate surface area is 245 Å². The lowest BCUT2D eigenvalue weighted by Crippen LogP contribution is -2.38. The zero-order valence-corrected chi connectivity index (χ0v) is 25.1. The second kappa shape index (κ2) is 14.6. The van der Waals surface area contributed by atoms with Gasteiger partial charge in [0.05, 0.1) is 12.2 Å². The van der Waals surface area contributed by atoms with Gasteiger partial charge in [-0.1, -0.05) is 39.0 Å². The van der Waals surface area contributed by atoms with Gasteiger partial charge in [-0.05, 0) is 42.9 Å². The summed E-state index contributed by atoms with van der Waals surface area (Å²) in [6.07, 6.45) is 5.57. The molecule has 1 unspecified atom stereocenters. The number of carbonyl (C=O) groups is 1. The number of aromatic nitrogens is 4. The van der Waals surface area contributed by atoms with Crippen LogP contribution in [0.3, 0.4) is 0 Å². The molecule has 3 aromatic rings. The summed E-state index contributed by atoms with van der Waals surface area (Å²) in [6.45, 7) is 11.5. The van der Waals surface area contributed by atoms with Gasteiger partial charge < -0.3 is 20.9 Å². The summed E-state index contributed by atoms with van der Waals surface area (Å²) in [5, 5.41) is 13.0. The number of aliphatic carboxylic acids is 1. The van der Waals surface area contributed by atoms with Crippen LogP contribution in [0.5, 0.6) is 5.88 Å². The quantitative estimate of drug-likeness (QED) is 0.103. The van der Waals surface area contributed by atoms with Crippen LogP contribution in [-0.4, -0.2) is 55.8 Å². The maximum absolute atomic E-state index is 11.1. The summed E-state index contributed by atoms with van der Waals surface area (Å²) in [7, 11) is 1.54. The minimum Gasteiger partial charge on any atom is -0.477 e. The van der Waals surface area contributed by atoms with Gasteiger partial charge in [0, 0.05) is 55.1 Å². The Morgan fingerprint density at radius 1 is 1.17 bits per heavy atom. The van der Waals surface area contributed by atoms with Crippen molar-refractivity contribution in [1.82, 2.24) is 25.3 Å². The van der Waals surface area contributed by atoms with E-state index in [1.54, 1.807) is 25.5 Å². The molecule has 41 heavy (non-hydrogen) atoms. The molecule has 2 aromatic heterocycles. The smallest absolute Gasteiger partial charge is 0.351 e. The van der Waals surface area contributed by atoms with Crippen molar-refractivity contribution in [2.75, 3.05) is 18.4 Å². The number of aryl methyl sites for hydroxylation is 2. The van der Waals surface area contributed by atoms with Crippen LogP contribution < -0.4 is 20.5 Å². The predicted octanol–water partition coefficient (Wildman–Crippen LogP) is 4.54. The van der Waals surface area contributed by atoms with E-state index >= 15 is 0 Å². The number of anilines is 1. The average Bonchev–Trinajstić information content (AvgIpc) is 2.92. The van der Waals surface area contributed by atoms with Crippen molar-refractivity contribution in [3.05, 3.63) is 71.4 Å². The Bertz CT molecular complexity index is 1370. The van der Waals surface area contributed by atoms with Crippen molar-refractivity contribution in [2.45, 2.75) is 53.6 Å². The van der Waals surface area contributed by atoms with Gasteiger partial charge in [-0.25, -0.2) is 19.7 Å². The molecule has 0 spiro atoms. The highest BCUT2D eigenvalue weighted by Crippen LogP contribution is 2.30. The molecule has 0 aliphatic rings. The van der Waals surface area contributed by atoms with E-state index < -0.39 is 5.97 Å². The van der Waals surface area contributed by atoms with E-state index in [9.17, 15) is 4.79 Å². The lowest BCUT2D eigenvalue weighted by atomic mass is 9.88. The third-order valence-corrected chi connectivity index (χ3v) is 6.69. The molecule has 0 amide bonds. The van der Waals surface area contributed by atoms with E-state index in [1.807, 2.05) is 38.1 Å². The van der Waals surface area contributed by atoms with E-state index in [1.165, 1.54) is 6.08 Å². The van der Waals surface area contributed by atoms with E-state index in [0.717, 1.165) is 35.1 Å². The number of carboxylic acid groups (broad SMARTS) is 1. The van der Waals surface area contributed by atoms with Crippen LogP contribution in [0.2, 0.25) is 0 Å². The molecule has 0 radical (unpaired) electrons. The summed E-state index contributed by atoms with van der Waals surface area (Å²) in [5.41, 5.74) is 9.11. The summed E-state index contributed by atoms with van der Waals surface area (Å²) < 4.78 is 9.33. The lowest BCUT2D eigenvalue weighted by molar-refractivity contribution is -0.132. The monoisotopic (exact) mass is 578 g/mol. The predicted molar refractivity (Wildman–Crippen MR) is 164 cm³/mol. The van der Waals surface area contributed by atoms with Crippen molar-refractivity contribution in [3.63, 3.8) is 0 Å². The normalized spacial score (nSPS) is 13.1. The SMILES string of the molecule is CN=C(C=C(N)C(=O)O)SNc1nc(OCC(CC(C)(C)C)NCc2ncccn2)cc(-c2c(C)cccc2C)n1. The molecule has 1 aromatic carbocycles. The van der Waals surface area contributed by atoms with E-state index in [-0.39, 0.29) is 23.1 Å². The second-order valence-electron chi connectivity index (χ2n) is 10.7. The highest BCUT2D eigenvalue weighted by Gasteiger charge is 2.21. The number of nitrogens with two attached hydrogens (primary N) is 1. The number of carboxylic acids is 1. The molecule has 0 aliphatic carbocycles. The molecule has 2 heterocycles. The van der Waals surface area contributed by atoms with Gasteiger partial charge in [0.1, 0.15) is 23.2 Å². The average molecular weight is 579 g/mol. The van der Waals surface area contributed by atoms with Crippen molar-refractivity contribution in [3.8, 4) is 17.1 Å². The zero-order chi connectivity index (χ0) is 30.0. The van der Waals surface area contributed by atoms with Gasteiger partial charge >= 0.3 is 5.97 Å². The molecular weight excluding hydrogens is 540 g/mol. The minimum absolute atomic E-state index is 0.00571. The molecule has 0 saturated heterocycles. The Kier molecular flexibility index (Phi) is 11.2.